The molecule has 1 aliphatic rings. The molecule has 1 aromatic carbocycles. The van der Waals surface area contributed by atoms with Crippen molar-refractivity contribution in [2.75, 3.05) is 40.0 Å². The van der Waals surface area contributed by atoms with Crippen LogP contribution in [-0.2, 0) is 4.74 Å². The number of para-hydroxylation sites is 2. The Morgan fingerprint density at radius 3 is 2.58 bits per heavy atom. The molecule has 0 aromatic heterocycles. The van der Waals surface area contributed by atoms with Crippen molar-refractivity contribution in [3.63, 3.8) is 0 Å². The summed E-state index contributed by atoms with van der Waals surface area (Å²) in [4.78, 5) is 4.65. The summed E-state index contributed by atoms with van der Waals surface area (Å²) >= 11 is 0. The molecule has 1 atom stereocenters. The highest BCUT2D eigenvalue weighted by molar-refractivity contribution is 5.79. The minimum absolute atomic E-state index is 0.0206. The van der Waals surface area contributed by atoms with Crippen LogP contribution in [0.5, 0.6) is 11.5 Å². The van der Waals surface area contributed by atoms with Gasteiger partial charge in [0.25, 0.3) is 0 Å². The minimum atomic E-state index is -0.0206. The molecule has 0 amide bonds. The molecule has 1 heterocycles. The predicted molar refractivity (Wildman–Crippen MR) is 96.0 cm³/mol. The fourth-order valence-electron chi connectivity index (χ4n) is 2.37. The van der Waals surface area contributed by atoms with Gasteiger partial charge in [0.2, 0.25) is 0 Å². The molecule has 0 bridgehead atoms. The van der Waals surface area contributed by atoms with Gasteiger partial charge in [0.15, 0.2) is 17.5 Å². The standard InChI is InChI=1S/C18H29N3O3/c1-5-19-17(21-11-18(3)12-23-13-18)20-10-14(2)24-16-9-7-6-8-15(16)22-4/h6-9,14H,5,10-13H2,1-4H3,(H2,19,20,21). The molecule has 1 saturated heterocycles. The molecule has 0 aliphatic carbocycles. The van der Waals surface area contributed by atoms with Gasteiger partial charge in [-0.1, -0.05) is 19.1 Å². The third-order valence-electron chi connectivity index (χ3n) is 3.82. The molecule has 2 N–H and O–H groups in total. The normalized spacial score (nSPS) is 17.6. The summed E-state index contributed by atoms with van der Waals surface area (Å²) in [5.74, 6) is 2.29. The molecule has 1 unspecified atom stereocenters. The molecular formula is C18H29N3O3. The highest BCUT2D eigenvalue weighted by Crippen LogP contribution is 2.27. The molecule has 6 heteroatoms. The lowest BCUT2D eigenvalue weighted by molar-refractivity contribution is -0.0945. The second kappa shape index (κ2) is 8.78. The first-order valence-corrected chi connectivity index (χ1v) is 8.46. The number of hydrogen-bond acceptors (Lipinski definition) is 4. The van der Waals surface area contributed by atoms with Gasteiger partial charge in [-0.3, -0.25) is 4.99 Å². The van der Waals surface area contributed by atoms with E-state index in [1.54, 1.807) is 7.11 Å². The van der Waals surface area contributed by atoms with E-state index in [0.29, 0.717) is 6.54 Å². The van der Waals surface area contributed by atoms with Gasteiger partial charge in [0, 0.05) is 12.0 Å². The second-order valence-corrected chi connectivity index (χ2v) is 6.46. The number of benzene rings is 1. The topological polar surface area (TPSA) is 64.1 Å². The summed E-state index contributed by atoms with van der Waals surface area (Å²) in [5.41, 5.74) is 0.169. The lowest BCUT2D eigenvalue weighted by Gasteiger charge is -2.36. The van der Waals surface area contributed by atoms with Gasteiger partial charge < -0.3 is 24.8 Å². The number of hydrogen-bond donors (Lipinski definition) is 2. The molecule has 1 fully saturated rings. The SMILES string of the molecule is CCNC(=NCC1(C)COC1)NCC(C)Oc1ccccc1OC. The Bertz CT molecular complexity index is 544. The van der Waals surface area contributed by atoms with Crippen LogP contribution in [0, 0.1) is 5.41 Å². The first-order chi connectivity index (χ1) is 11.6. The van der Waals surface area contributed by atoms with Crippen LogP contribution in [-0.4, -0.2) is 52.0 Å². The summed E-state index contributed by atoms with van der Waals surface area (Å²) in [6.45, 7) is 10.1. The van der Waals surface area contributed by atoms with Crippen LogP contribution in [0.15, 0.2) is 29.3 Å². The average molecular weight is 335 g/mol. The van der Waals surface area contributed by atoms with Crippen molar-refractivity contribution in [2.24, 2.45) is 10.4 Å². The molecule has 6 nitrogen and oxygen atoms in total. The maximum atomic E-state index is 5.95. The summed E-state index contributed by atoms with van der Waals surface area (Å²) in [7, 11) is 1.64. The Morgan fingerprint density at radius 2 is 2.00 bits per heavy atom. The van der Waals surface area contributed by atoms with Crippen LogP contribution in [0.1, 0.15) is 20.8 Å². The van der Waals surface area contributed by atoms with E-state index in [2.05, 4.69) is 29.5 Å². The van der Waals surface area contributed by atoms with Gasteiger partial charge >= 0.3 is 0 Å². The Balaban J connectivity index is 1.85. The molecule has 0 spiro atoms. The van der Waals surface area contributed by atoms with E-state index >= 15 is 0 Å². The van der Waals surface area contributed by atoms with Crippen LogP contribution < -0.4 is 20.1 Å². The summed E-state index contributed by atoms with van der Waals surface area (Å²) < 4.78 is 16.5. The number of guanidine groups is 1. The van der Waals surface area contributed by atoms with E-state index in [9.17, 15) is 0 Å². The van der Waals surface area contributed by atoms with E-state index in [-0.39, 0.29) is 11.5 Å². The molecule has 2 rings (SSSR count). The maximum absolute atomic E-state index is 5.95. The monoisotopic (exact) mass is 335 g/mol. The van der Waals surface area contributed by atoms with Gasteiger partial charge in [-0.25, -0.2) is 0 Å². The first-order valence-electron chi connectivity index (χ1n) is 8.46. The number of aliphatic imine (C=N–C) groups is 1. The van der Waals surface area contributed by atoms with Crippen molar-refractivity contribution in [1.29, 1.82) is 0 Å². The van der Waals surface area contributed by atoms with Gasteiger partial charge in [-0.15, -0.1) is 0 Å². The highest BCUT2D eigenvalue weighted by atomic mass is 16.5. The van der Waals surface area contributed by atoms with E-state index in [0.717, 1.165) is 43.8 Å². The predicted octanol–water partition coefficient (Wildman–Crippen LogP) is 2.05. The molecule has 1 aromatic rings. The van der Waals surface area contributed by atoms with E-state index in [1.807, 2.05) is 31.2 Å². The third kappa shape index (κ3) is 5.30. The molecule has 0 radical (unpaired) electrons. The Hall–Kier alpha value is -1.95. The zero-order valence-electron chi connectivity index (χ0n) is 15.1. The summed E-state index contributed by atoms with van der Waals surface area (Å²) in [5, 5.41) is 6.59. The van der Waals surface area contributed by atoms with Crippen molar-refractivity contribution in [2.45, 2.75) is 26.9 Å². The second-order valence-electron chi connectivity index (χ2n) is 6.46. The van der Waals surface area contributed by atoms with Gasteiger partial charge in [0.05, 0.1) is 33.4 Å². The van der Waals surface area contributed by atoms with Gasteiger partial charge in [0.1, 0.15) is 6.10 Å². The lowest BCUT2D eigenvalue weighted by atomic mass is 9.89. The Kier molecular flexibility index (Phi) is 6.73. The van der Waals surface area contributed by atoms with Crippen LogP contribution in [0.4, 0.5) is 0 Å². The quantitative estimate of drug-likeness (QED) is 0.562. The van der Waals surface area contributed by atoms with Crippen molar-refractivity contribution in [1.82, 2.24) is 10.6 Å². The van der Waals surface area contributed by atoms with Crippen LogP contribution >= 0.6 is 0 Å². The molecule has 134 valence electrons. The number of methoxy groups -OCH3 is 1. The first kappa shape index (κ1) is 18.4. The van der Waals surface area contributed by atoms with Crippen LogP contribution in [0.2, 0.25) is 0 Å². The van der Waals surface area contributed by atoms with E-state index in [1.165, 1.54) is 0 Å². The number of ether oxygens (including phenoxy) is 3. The van der Waals surface area contributed by atoms with Gasteiger partial charge in [-0.05, 0) is 26.0 Å². The molecule has 0 saturated carbocycles. The van der Waals surface area contributed by atoms with Crippen molar-refractivity contribution < 1.29 is 14.2 Å². The fraction of sp³-hybridized carbons (Fsp3) is 0.611. The van der Waals surface area contributed by atoms with Crippen LogP contribution in [0.3, 0.4) is 0 Å². The minimum Gasteiger partial charge on any atom is -0.493 e. The largest absolute Gasteiger partial charge is 0.493 e. The lowest BCUT2D eigenvalue weighted by Crippen LogP contribution is -2.45. The Morgan fingerprint density at radius 1 is 1.29 bits per heavy atom. The average Bonchev–Trinajstić information content (AvgIpc) is 2.56. The number of rotatable bonds is 8. The highest BCUT2D eigenvalue weighted by Gasteiger charge is 2.33. The van der Waals surface area contributed by atoms with Crippen molar-refractivity contribution in [3.05, 3.63) is 24.3 Å². The number of nitrogens with zero attached hydrogens (tertiary/aromatic N) is 1. The third-order valence-corrected chi connectivity index (χ3v) is 3.82. The zero-order valence-corrected chi connectivity index (χ0v) is 15.1. The van der Waals surface area contributed by atoms with Gasteiger partial charge in [-0.2, -0.15) is 0 Å². The molecule has 1 aliphatic heterocycles. The van der Waals surface area contributed by atoms with E-state index in [4.69, 9.17) is 14.2 Å². The zero-order chi connectivity index (χ0) is 17.4. The van der Waals surface area contributed by atoms with Crippen molar-refractivity contribution >= 4 is 5.96 Å². The van der Waals surface area contributed by atoms with Crippen molar-refractivity contribution in [3.8, 4) is 11.5 Å². The number of nitrogens with one attached hydrogen (secondary N) is 2. The van der Waals surface area contributed by atoms with E-state index < -0.39 is 0 Å². The fourth-order valence-corrected chi connectivity index (χ4v) is 2.37. The molecular weight excluding hydrogens is 306 g/mol. The maximum Gasteiger partial charge on any atom is 0.191 e. The summed E-state index contributed by atoms with van der Waals surface area (Å²) in [6.07, 6.45) is -0.0206. The molecule has 24 heavy (non-hydrogen) atoms. The van der Waals surface area contributed by atoms with Crippen LogP contribution in [0.25, 0.3) is 0 Å². The Labute approximate surface area is 144 Å². The smallest absolute Gasteiger partial charge is 0.191 e. The summed E-state index contributed by atoms with van der Waals surface area (Å²) in [6, 6.07) is 7.66.